The second-order valence-electron chi connectivity index (χ2n) is 6.87. The summed E-state index contributed by atoms with van der Waals surface area (Å²) in [4.78, 5) is 21.7. The average Bonchev–Trinajstić information content (AvgIpc) is 3.13. The van der Waals surface area contributed by atoms with Crippen LogP contribution in [0.25, 0.3) is 6.08 Å². The molecule has 0 saturated heterocycles. The van der Waals surface area contributed by atoms with Crippen molar-refractivity contribution in [2.75, 3.05) is 13.2 Å². The van der Waals surface area contributed by atoms with Gasteiger partial charge in [0.05, 0.1) is 23.8 Å². The molecule has 158 valence electrons. The number of amidine groups is 2. The topological polar surface area (TPSA) is 84.2 Å². The smallest absolute Gasteiger partial charge is 0.282 e. The van der Waals surface area contributed by atoms with Crippen molar-refractivity contribution >= 4 is 35.3 Å². The van der Waals surface area contributed by atoms with Gasteiger partial charge in [-0.15, -0.1) is 5.06 Å². The molecule has 2 aromatic carbocycles. The molecule has 4 rings (SSSR count). The molecule has 7 nitrogen and oxygen atoms in total. The summed E-state index contributed by atoms with van der Waals surface area (Å²) in [5, 5.41) is 10.1. The van der Waals surface area contributed by atoms with Crippen LogP contribution in [-0.2, 0) is 9.63 Å². The molecule has 2 aliphatic rings. The normalized spacial score (nSPS) is 16.6. The van der Waals surface area contributed by atoms with Crippen LogP contribution >= 0.6 is 11.6 Å². The van der Waals surface area contributed by atoms with E-state index in [4.69, 9.17) is 31.3 Å². The lowest BCUT2D eigenvalue weighted by Gasteiger charge is -2.22. The lowest BCUT2D eigenvalue weighted by atomic mass is 10.1. The number of nitrogens with zero attached hydrogens (tertiary/aromatic N) is 2. The number of allylic oxidation sites excluding steroid dienone is 1. The number of hydroxylamine groups is 2. The number of amides is 1. The van der Waals surface area contributed by atoms with Gasteiger partial charge >= 0.3 is 0 Å². The lowest BCUT2D eigenvalue weighted by molar-refractivity contribution is -0.114. The number of rotatable bonds is 7. The number of nitrogens with one attached hydrogen (secondary N) is 1. The van der Waals surface area contributed by atoms with E-state index in [1.54, 1.807) is 25.1 Å². The van der Waals surface area contributed by atoms with E-state index in [0.29, 0.717) is 47.8 Å². The summed E-state index contributed by atoms with van der Waals surface area (Å²) < 4.78 is 11.4. The van der Waals surface area contributed by atoms with E-state index in [0.717, 1.165) is 5.56 Å². The van der Waals surface area contributed by atoms with Crippen LogP contribution in [0.15, 0.2) is 70.9 Å². The highest BCUT2D eigenvalue weighted by molar-refractivity contribution is 6.32. The van der Waals surface area contributed by atoms with E-state index in [2.05, 4.69) is 4.99 Å². The molecule has 1 N–H and O–H groups in total. The number of carbonyl (C=O) groups is 1. The first kappa shape index (κ1) is 20.7. The van der Waals surface area contributed by atoms with Gasteiger partial charge in [0.1, 0.15) is 17.3 Å². The van der Waals surface area contributed by atoms with Crippen molar-refractivity contribution in [2.45, 2.75) is 13.3 Å². The van der Waals surface area contributed by atoms with Gasteiger partial charge in [0.15, 0.2) is 11.7 Å². The molecule has 0 unspecified atom stereocenters. The quantitative estimate of drug-likeness (QED) is 0.504. The number of para-hydroxylation sites is 1. The summed E-state index contributed by atoms with van der Waals surface area (Å²) in [5.74, 6) is 1.76. The van der Waals surface area contributed by atoms with Crippen LogP contribution in [0.2, 0.25) is 5.02 Å². The Balaban J connectivity index is 1.30. The van der Waals surface area contributed by atoms with Gasteiger partial charge in [-0.1, -0.05) is 35.9 Å². The predicted octanol–water partition coefficient (Wildman–Crippen LogP) is 4.64. The van der Waals surface area contributed by atoms with Crippen LogP contribution in [0.1, 0.15) is 18.9 Å². The van der Waals surface area contributed by atoms with Crippen molar-refractivity contribution in [1.82, 2.24) is 5.06 Å². The number of hydrogen-bond acceptors (Lipinski definition) is 5. The van der Waals surface area contributed by atoms with Gasteiger partial charge in [0.25, 0.3) is 5.91 Å². The summed E-state index contributed by atoms with van der Waals surface area (Å²) in [6, 6.07) is 14.6. The van der Waals surface area contributed by atoms with E-state index < -0.39 is 5.91 Å². The maximum atomic E-state index is 12.3. The minimum Gasteiger partial charge on any atom is -0.493 e. The van der Waals surface area contributed by atoms with Gasteiger partial charge in [0.2, 0.25) is 0 Å². The number of fused-ring (bicyclic) bond motifs is 1. The van der Waals surface area contributed by atoms with E-state index in [1.165, 1.54) is 5.06 Å². The average molecular weight is 438 g/mol. The fraction of sp³-hybridized carbons (Fsp3) is 0.174. The molecule has 0 atom stereocenters. The van der Waals surface area contributed by atoms with Gasteiger partial charge < -0.3 is 14.3 Å². The molecule has 0 saturated carbocycles. The number of hydrogen-bond donors (Lipinski definition) is 1. The van der Waals surface area contributed by atoms with Crippen LogP contribution in [0.5, 0.6) is 11.5 Å². The maximum absolute atomic E-state index is 12.3. The van der Waals surface area contributed by atoms with Crippen molar-refractivity contribution in [2.24, 2.45) is 4.99 Å². The first-order chi connectivity index (χ1) is 15.0. The second-order valence-corrected chi connectivity index (χ2v) is 7.28. The van der Waals surface area contributed by atoms with Crippen molar-refractivity contribution < 1.29 is 19.1 Å². The molecule has 0 aliphatic carbocycles. The van der Waals surface area contributed by atoms with Gasteiger partial charge in [-0.3, -0.25) is 10.2 Å². The number of benzene rings is 2. The van der Waals surface area contributed by atoms with E-state index >= 15 is 0 Å². The zero-order valence-corrected chi connectivity index (χ0v) is 17.6. The highest BCUT2D eigenvalue weighted by atomic mass is 35.5. The molecular weight excluding hydrogens is 418 g/mol. The van der Waals surface area contributed by atoms with Crippen molar-refractivity contribution in [3.63, 3.8) is 0 Å². The van der Waals surface area contributed by atoms with Crippen LogP contribution in [0.4, 0.5) is 0 Å². The Kier molecular flexibility index (Phi) is 6.04. The Morgan fingerprint density at radius 1 is 1.13 bits per heavy atom. The third-order valence-corrected chi connectivity index (χ3v) is 4.84. The van der Waals surface area contributed by atoms with E-state index in [1.807, 2.05) is 42.5 Å². The third kappa shape index (κ3) is 4.78. The molecule has 0 spiro atoms. The third-order valence-electron chi connectivity index (χ3n) is 4.52. The summed E-state index contributed by atoms with van der Waals surface area (Å²) in [6.45, 7) is 2.72. The number of carbonyl (C=O) groups excluding carboxylic acids is 1. The molecule has 2 aliphatic heterocycles. The molecule has 0 fully saturated rings. The van der Waals surface area contributed by atoms with Crippen LogP contribution in [0, 0.1) is 5.41 Å². The molecule has 2 aromatic rings. The zero-order valence-electron chi connectivity index (χ0n) is 16.8. The monoisotopic (exact) mass is 437 g/mol. The number of halogens is 1. The summed E-state index contributed by atoms with van der Waals surface area (Å²) in [5.41, 5.74) is 0.919. The first-order valence-electron chi connectivity index (χ1n) is 9.71. The van der Waals surface area contributed by atoms with Crippen LogP contribution in [-0.4, -0.2) is 35.9 Å². The molecule has 8 heteroatoms. The van der Waals surface area contributed by atoms with Crippen LogP contribution in [0.3, 0.4) is 0 Å². The minimum atomic E-state index is -0.468. The molecule has 31 heavy (non-hydrogen) atoms. The Hall–Kier alpha value is -3.58. The summed E-state index contributed by atoms with van der Waals surface area (Å²) >= 11 is 6.05. The van der Waals surface area contributed by atoms with Gasteiger partial charge in [-0.05, 0) is 42.8 Å². The van der Waals surface area contributed by atoms with Gasteiger partial charge in [-0.2, -0.15) is 4.99 Å². The van der Waals surface area contributed by atoms with E-state index in [9.17, 15) is 4.79 Å². The first-order valence-corrected chi connectivity index (χ1v) is 10.1. The number of ether oxygens (including phenoxy) is 2. The molecule has 0 bridgehead atoms. The predicted molar refractivity (Wildman–Crippen MR) is 118 cm³/mol. The molecule has 0 radical (unpaired) electrons. The Morgan fingerprint density at radius 3 is 2.65 bits per heavy atom. The summed E-state index contributed by atoms with van der Waals surface area (Å²) in [7, 11) is 0. The fourth-order valence-corrected chi connectivity index (χ4v) is 3.21. The van der Waals surface area contributed by atoms with Crippen molar-refractivity contribution in [3.8, 4) is 11.5 Å². The summed E-state index contributed by atoms with van der Waals surface area (Å²) in [6.07, 6.45) is 3.93. The van der Waals surface area contributed by atoms with Crippen molar-refractivity contribution in [1.29, 1.82) is 5.41 Å². The Bertz CT molecular complexity index is 1110. The largest absolute Gasteiger partial charge is 0.493 e. The second kappa shape index (κ2) is 9.06. The van der Waals surface area contributed by atoms with Gasteiger partial charge in [-0.25, -0.2) is 0 Å². The van der Waals surface area contributed by atoms with Gasteiger partial charge in [0, 0.05) is 12.5 Å². The van der Waals surface area contributed by atoms with Crippen LogP contribution < -0.4 is 9.47 Å². The van der Waals surface area contributed by atoms with Crippen molar-refractivity contribution in [3.05, 3.63) is 76.5 Å². The molecule has 1 amide bonds. The SMILES string of the molecule is CC1=CC2=NC(=O)/C(=C/c3ccc(OCCCOc4ccccc4Cl)cc3)C(=N)N2O1. The molecule has 0 aromatic heterocycles. The zero-order chi connectivity index (χ0) is 21.8. The minimum absolute atomic E-state index is 0.0399. The fourth-order valence-electron chi connectivity index (χ4n) is 3.02. The highest BCUT2D eigenvalue weighted by Crippen LogP contribution is 2.25. The lowest BCUT2D eigenvalue weighted by Crippen LogP contribution is -2.38. The molecular formula is C23H20ClN3O4. The Labute approximate surface area is 184 Å². The molecule has 2 heterocycles. The Morgan fingerprint density at radius 2 is 1.87 bits per heavy atom. The van der Waals surface area contributed by atoms with E-state index in [-0.39, 0.29) is 11.4 Å². The standard InChI is InChI=1S/C23H20ClN3O4/c1-15-13-21-26-23(28)18(22(25)27(21)31-15)14-16-7-9-17(10-8-16)29-11-4-12-30-20-6-3-2-5-19(20)24/h2-3,5-10,13-14,25H,4,11-12H2,1H3/b18-14+,25-22?. The highest BCUT2D eigenvalue weighted by Gasteiger charge is 2.34. The number of aliphatic imine (C=N–C) groups is 1. The maximum Gasteiger partial charge on any atom is 0.282 e.